The molecule has 0 aromatic carbocycles. The van der Waals surface area contributed by atoms with E-state index in [1.807, 2.05) is 11.8 Å². The summed E-state index contributed by atoms with van der Waals surface area (Å²) in [5, 5.41) is 5.90. The number of hydrogen-bond donors (Lipinski definition) is 0. The molecular formula is C12H14N2S. The summed E-state index contributed by atoms with van der Waals surface area (Å²) in [4.78, 5) is 0. The Morgan fingerprint density at radius 2 is 2.20 bits per heavy atom. The van der Waals surface area contributed by atoms with E-state index in [0.717, 1.165) is 5.69 Å². The number of aromatic nitrogens is 2. The first-order valence-corrected chi connectivity index (χ1v) is 6.57. The van der Waals surface area contributed by atoms with Crippen LogP contribution in [0.15, 0.2) is 17.2 Å². The van der Waals surface area contributed by atoms with Crippen molar-refractivity contribution in [3.05, 3.63) is 29.0 Å². The van der Waals surface area contributed by atoms with Crippen LogP contribution in [0.5, 0.6) is 0 Å². The Kier molecular flexibility index (Phi) is 2.02. The first-order chi connectivity index (χ1) is 7.29. The minimum absolute atomic E-state index is 1.11. The van der Waals surface area contributed by atoms with Gasteiger partial charge in [-0.25, -0.2) is 4.52 Å². The van der Waals surface area contributed by atoms with Crippen LogP contribution in [-0.4, -0.2) is 15.9 Å². The van der Waals surface area contributed by atoms with Crippen molar-refractivity contribution in [2.75, 3.05) is 6.26 Å². The molecule has 1 aliphatic carbocycles. The fraction of sp³-hybridized carbons (Fsp3) is 0.417. The lowest BCUT2D eigenvalue weighted by Crippen LogP contribution is -1.98. The Morgan fingerprint density at radius 1 is 1.33 bits per heavy atom. The maximum atomic E-state index is 4.56. The number of thioether (sulfide) groups is 1. The Bertz CT molecular complexity index is 528. The molecule has 0 spiro atoms. The highest BCUT2D eigenvalue weighted by atomic mass is 32.2. The standard InChI is InChI=1S/C12H14N2S/c1-8-6-10-7-9-4-3-5-11(9)12(15-2)14(10)13-8/h6-7H,3-5H2,1-2H3. The molecule has 15 heavy (non-hydrogen) atoms. The highest BCUT2D eigenvalue weighted by Gasteiger charge is 2.18. The van der Waals surface area contributed by atoms with Crippen LogP contribution in [0.3, 0.4) is 0 Å². The van der Waals surface area contributed by atoms with E-state index < -0.39 is 0 Å². The van der Waals surface area contributed by atoms with Gasteiger partial charge in [-0.3, -0.25) is 0 Å². The number of nitrogens with zero attached hydrogens (tertiary/aromatic N) is 2. The lowest BCUT2D eigenvalue weighted by atomic mass is 10.2. The summed E-state index contributed by atoms with van der Waals surface area (Å²) in [7, 11) is 0. The largest absolute Gasteiger partial charge is 0.227 e. The number of fused-ring (bicyclic) bond motifs is 2. The molecule has 2 aromatic heterocycles. The normalized spacial score (nSPS) is 14.8. The molecule has 0 bridgehead atoms. The van der Waals surface area contributed by atoms with Crippen molar-refractivity contribution < 1.29 is 0 Å². The van der Waals surface area contributed by atoms with Gasteiger partial charge in [-0.2, -0.15) is 5.10 Å². The Labute approximate surface area is 93.7 Å². The summed E-state index contributed by atoms with van der Waals surface area (Å²) in [6, 6.07) is 4.47. The molecule has 2 heterocycles. The lowest BCUT2D eigenvalue weighted by molar-refractivity contribution is 0.815. The molecule has 0 aliphatic heterocycles. The van der Waals surface area contributed by atoms with E-state index in [2.05, 4.69) is 34.9 Å². The highest BCUT2D eigenvalue weighted by molar-refractivity contribution is 7.98. The van der Waals surface area contributed by atoms with Crippen molar-refractivity contribution in [2.45, 2.75) is 31.2 Å². The van der Waals surface area contributed by atoms with E-state index >= 15 is 0 Å². The Morgan fingerprint density at radius 3 is 3.00 bits per heavy atom. The third-order valence-electron chi connectivity index (χ3n) is 3.09. The Hall–Kier alpha value is -0.960. The summed E-state index contributed by atoms with van der Waals surface area (Å²) in [6.45, 7) is 2.06. The van der Waals surface area contributed by atoms with Crippen molar-refractivity contribution in [1.29, 1.82) is 0 Å². The van der Waals surface area contributed by atoms with E-state index in [4.69, 9.17) is 0 Å². The van der Waals surface area contributed by atoms with Crippen molar-refractivity contribution in [3.63, 3.8) is 0 Å². The zero-order valence-corrected chi connectivity index (χ0v) is 9.90. The van der Waals surface area contributed by atoms with E-state index in [1.165, 1.54) is 40.9 Å². The molecule has 0 atom stereocenters. The van der Waals surface area contributed by atoms with E-state index in [-0.39, 0.29) is 0 Å². The number of hydrogen-bond acceptors (Lipinski definition) is 2. The van der Waals surface area contributed by atoms with Gasteiger partial charge in [0.2, 0.25) is 0 Å². The number of pyridine rings is 1. The van der Waals surface area contributed by atoms with Crippen LogP contribution >= 0.6 is 11.8 Å². The summed E-state index contributed by atoms with van der Waals surface area (Å²) in [5.41, 5.74) is 5.41. The molecule has 0 fully saturated rings. The molecule has 0 radical (unpaired) electrons. The molecule has 2 nitrogen and oxygen atoms in total. The van der Waals surface area contributed by atoms with Gasteiger partial charge in [0.1, 0.15) is 5.03 Å². The first-order valence-electron chi connectivity index (χ1n) is 5.35. The van der Waals surface area contributed by atoms with Crippen LogP contribution in [0.25, 0.3) is 5.52 Å². The second-order valence-electron chi connectivity index (χ2n) is 4.13. The van der Waals surface area contributed by atoms with E-state index in [1.54, 1.807) is 0 Å². The van der Waals surface area contributed by atoms with Crippen molar-refractivity contribution in [2.24, 2.45) is 0 Å². The minimum Gasteiger partial charge on any atom is -0.227 e. The molecule has 2 aromatic rings. The average Bonchev–Trinajstić information content (AvgIpc) is 2.78. The van der Waals surface area contributed by atoms with Gasteiger partial charge in [0.05, 0.1) is 11.2 Å². The van der Waals surface area contributed by atoms with Gasteiger partial charge < -0.3 is 0 Å². The molecule has 0 saturated carbocycles. The molecular weight excluding hydrogens is 204 g/mol. The predicted molar refractivity (Wildman–Crippen MR) is 63.7 cm³/mol. The van der Waals surface area contributed by atoms with Crippen LogP contribution in [0.1, 0.15) is 23.2 Å². The fourth-order valence-electron chi connectivity index (χ4n) is 2.47. The molecule has 78 valence electrons. The van der Waals surface area contributed by atoms with Crippen LogP contribution < -0.4 is 0 Å². The summed E-state index contributed by atoms with van der Waals surface area (Å²) >= 11 is 1.82. The molecule has 0 N–H and O–H groups in total. The van der Waals surface area contributed by atoms with E-state index in [9.17, 15) is 0 Å². The highest BCUT2D eigenvalue weighted by Crippen LogP contribution is 2.32. The fourth-order valence-corrected chi connectivity index (χ4v) is 3.27. The number of aryl methyl sites for hydroxylation is 2. The third kappa shape index (κ3) is 1.29. The summed E-state index contributed by atoms with van der Waals surface area (Å²) in [5.74, 6) is 0. The second kappa shape index (κ2) is 3.27. The van der Waals surface area contributed by atoms with Gasteiger partial charge >= 0.3 is 0 Å². The molecule has 3 heteroatoms. The van der Waals surface area contributed by atoms with Gasteiger partial charge in [0.25, 0.3) is 0 Å². The van der Waals surface area contributed by atoms with Gasteiger partial charge in [0, 0.05) is 0 Å². The second-order valence-corrected chi connectivity index (χ2v) is 4.93. The van der Waals surface area contributed by atoms with Crippen LogP contribution in [0.2, 0.25) is 0 Å². The van der Waals surface area contributed by atoms with Crippen LogP contribution in [0.4, 0.5) is 0 Å². The van der Waals surface area contributed by atoms with E-state index in [0.29, 0.717) is 0 Å². The average molecular weight is 218 g/mol. The molecule has 1 aliphatic rings. The van der Waals surface area contributed by atoms with Crippen molar-refractivity contribution >= 4 is 17.3 Å². The molecule has 0 saturated heterocycles. The van der Waals surface area contributed by atoms with Gasteiger partial charge in [-0.15, -0.1) is 11.8 Å². The molecule has 3 rings (SSSR count). The molecule has 0 amide bonds. The topological polar surface area (TPSA) is 17.3 Å². The van der Waals surface area contributed by atoms with Crippen LogP contribution in [-0.2, 0) is 12.8 Å². The number of rotatable bonds is 1. The third-order valence-corrected chi connectivity index (χ3v) is 3.89. The monoisotopic (exact) mass is 218 g/mol. The quantitative estimate of drug-likeness (QED) is 0.685. The van der Waals surface area contributed by atoms with Gasteiger partial charge in [-0.1, -0.05) is 0 Å². The van der Waals surface area contributed by atoms with Gasteiger partial charge in [-0.05, 0) is 55.7 Å². The maximum Gasteiger partial charge on any atom is 0.101 e. The maximum absolute atomic E-state index is 4.56. The molecule has 0 unspecified atom stereocenters. The Balaban J connectivity index is 2.39. The summed E-state index contributed by atoms with van der Waals surface area (Å²) < 4.78 is 2.10. The predicted octanol–water partition coefficient (Wildman–Crippen LogP) is 2.85. The van der Waals surface area contributed by atoms with Crippen molar-refractivity contribution in [1.82, 2.24) is 9.61 Å². The van der Waals surface area contributed by atoms with Crippen molar-refractivity contribution in [3.8, 4) is 0 Å². The van der Waals surface area contributed by atoms with Crippen LogP contribution in [0, 0.1) is 6.92 Å². The summed E-state index contributed by atoms with van der Waals surface area (Å²) in [6.07, 6.45) is 5.91. The lowest BCUT2D eigenvalue weighted by Gasteiger charge is -2.08. The minimum atomic E-state index is 1.11. The van der Waals surface area contributed by atoms with Gasteiger partial charge in [0.15, 0.2) is 0 Å². The zero-order valence-electron chi connectivity index (χ0n) is 9.08. The smallest absolute Gasteiger partial charge is 0.101 e. The SMILES string of the molecule is CSc1c2c(cc3cc(C)nn13)CCC2. The first kappa shape index (κ1) is 9.28. The zero-order chi connectivity index (χ0) is 10.4.